The van der Waals surface area contributed by atoms with Gasteiger partial charge < -0.3 is 9.55 Å². The molecule has 0 spiro atoms. The molecule has 3 N–H and O–H groups in total. The van der Waals surface area contributed by atoms with E-state index in [1.54, 1.807) is 26.8 Å². The maximum atomic E-state index is 13.1. The zero-order valence-corrected chi connectivity index (χ0v) is 19.8. The van der Waals surface area contributed by atoms with Crippen molar-refractivity contribution >= 4 is 44.4 Å². The van der Waals surface area contributed by atoms with Gasteiger partial charge in [0.25, 0.3) is 0 Å². The number of fused-ring (bicyclic) bond motifs is 1. The van der Waals surface area contributed by atoms with Crippen molar-refractivity contribution in [3.63, 3.8) is 0 Å². The molecule has 0 aliphatic carbocycles. The number of carbonyl (C=O) groups excluding carboxylic acids is 2. The number of aromatic amines is 1. The van der Waals surface area contributed by atoms with Crippen LogP contribution in [0.5, 0.6) is 0 Å². The fraction of sp³-hybridized carbons (Fsp3) is 0.381. The molecule has 2 aromatic heterocycles. The molecule has 166 valence electrons. The lowest BCUT2D eigenvalue weighted by molar-refractivity contribution is 0.0988. The number of ketones is 2. The maximum absolute atomic E-state index is 13.1. The van der Waals surface area contributed by atoms with Gasteiger partial charge in [0, 0.05) is 17.8 Å². The summed E-state index contributed by atoms with van der Waals surface area (Å²) in [5, 5.41) is 5.40. The van der Waals surface area contributed by atoms with Gasteiger partial charge in [-0.15, -0.1) is 0 Å². The number of sulfonamides is 1. The largest absolute Gasteiger partial charge is 0.355 e. The second-order valence-corrected chi connectivity index (χ2v) is 10.4. The van der Waals surface area contributed by atoms with E-state index in [4.69, 9.17) is 5.14 Å². The first-order chi connectivity index (χ1) is 14.5. The average molecular weight is 463 g/mol. The number of H-pyrrole nitrogens is 1. The summed E-state index contributed by atoms with van der Waals surface area (Å²) in [4.78, 5) is 32.7. The van der Waals surface area contributed by atoms with Crippen LogP contribution in [-0.2, 0) is 16.6 Å². The van der Waals surface area contributed by atoms with Crippen LogP contribution in [0.4, 0.5) is 0 Å². The molecule has 0 saturated carbocycles. The Morgan fingerprint density at radius 3 is 2.52 bits per heavy atom. The number of hydrogen-bond donors (Lipinski definition) is 2. The summed E-state index contributed by atoms with van der Waals surface area (Å²) in [6.07, 6.45) is 0.842. The van der Waals surface area contributed by atoms with Gasteiger partial charge in [0.2, 0.25) is 10.0 Å². The number of nitrogens with zero attached hydrogens (tertiary/aromatic N) is 2. The molecule has 3 aromatic rings. The summed E-state index contributed by atoms with van der Waals surface area (Å²) < 4.78 is 25.4. The molecule has 10 heteroatoms. The topological polar surface area (TPSA) is 128 Å². The van der Waals surface area contributed by atoms with E-state index in [1.807, 2.05) is 11.5 Å². The van der Waals surface area contributed by atoms with Gasteiger partial charge in [-0.3, -0.25) is 9.59 Å². The number of nitrogens with one attached hydrogen (secondary N) is 1. The van der Waals surface area contributed by atoms with Crippen molar-refractivity contribution in [2.24, 2.45) is 5.14 Å². The van der Waals surface area contributed by atoms with E-state index in [0.717, 1.165) is 11.9 Å². The van der Waals surface area contributed by atoms with Gasteiger partial charge >= 0.3 is 0 Å². The average Bonchev–Trinajstić information content (AvgIpc) is 3.16. The summed E-state index contributed by atoms with van der Waals surface area (Å²) in [7, 11) is -3.84. The number of hydrogen-bond acceptors (Lipinski definition) is 6. The van der Waals surface area contributed by atoms with Gasteiger partial charge in [-0.1, -0.05) is 18.7 Å². The highest BCUT2D eigenvalue weighted by Gasteiger charge is 2.26. The molecular formula is C21H26N4O4S2. The zero-order chi connectivity index (χ0) is 23.1. The minimum Gasteiger partial charge on any atom is -0.355 e. The van der Waals surface area contributed by atoms with Crippen molar-refractivity contribution in [1.82, 2.24) is 14.5 Å². The van der Waals surface area contributed by atoms with Crippen LogP contribution in [0.15, 0.2) is 28.3 Å². The van der Waals surface area contributed by atoms with Crippen LogP contribution in [-0.4, -0.2) is 39.8 Å². The van der Waals surface area contributed by atoms with Crippen LogP contribution < -0.4 is 5.14 Å². The molecule has 1 unspecified atom stereocenters. The van der Waals surface area contributed by atoms with Crippen LogP contribution in [0.3, 0.4) is 0 Å². The first kappa shape index (κ1) is 23.2. The van der Waals surface area contributed by atoms with Gasteiger partial charge in [0.15, 0.2) is 16.7 Å². The van der Waals surface area contributed by atoms with Crippen LogP contribution >= 0.6 is 11.8 Å². The molecule has 0 radical (unpaired) electrons. The Morgan fingerprint density at radius 2 is 1.97 bits per heavy atom. The van der Waals surface area contributed by atoms with Crippen molar-refractivity contribution < 1.29 is 18.0 Å². The van der Waals surface area contributed by atoms with Crippen molar-refractivity contribution in [2.45, 2.75) is 62.9 Å². The van der Waals surface area contributed by atoms with Gasteiger partial charge in [-0.25, -0.2) is 18.5 Å². The monoisotopic (exact) mass is 462 g/mol. The van der Waals surface area contributed by atoms with Crippen molar-refractivity contribution in [3.8, 4) is 0 Å². The van der Waals surface area contributed by atoms with Gasteiger partial charge in [-0.2, -0.15) is 0 Å². The summed E-state index contributed by atoms with van der Waals surface area (Å²) in [5.74, 6) is -0.209. The molecule has 0 fully saturated rings. The number of rotatable bonds is 8. The molecule has 1 aromatic carbocycles. The third-order valence-corrected chi connectivity index (χ3v) is 7.15. The molecule has 2 heterocycles. The fourth-order valence-electron chi connectivity index (χ4n) is 3.73. The first-order valence-corrected chi connectivity index (χ1v) is 12.3. The number of Topliss-reactive ketones (excluding diaryl/α,β-unsaturated/α-hetero) is 2. The summed E-state index contributed by atoms with van der Waals surface area (Å²) in [5.41, 5.74) is 3.60. The lowest BCUT2D eigenvalue weighted by atomic mass is 10.0. The molecule has 3 rings (SSSR count). The van der Waals surface area contributed by atoms with Gasteiger partial charge in [0.05, 0.1) is 26.9 Å². The highest BCUT2D eigenvalue weighted by Crippen LogP contribution is 2.31. The minimum absolute atomic E-state index is 0.00364. The van der Waals surface area contributed by atoms with Crippen molar-refractivity contribution in [2.75, 3.05) is 0 Å². The Balaban J connectivity index is 1.98. The number of aryl methyl sites for hydroxylation is 2. The molecule has 1 atom stereocenters. The highest BCUT2D eigenvalue weighted by atomic mass is 32.2. The van der Waals surface area contributed by atoms with Crippen molar-refractivity contribution in [3.05, 3.63) is 40.7 Å². The summed E-state index contributed by atoms with van der Waals surface area (Å²) in [6.45, 7) is 9.53. The number of benzene rings is 1. The van der Waals surface area contributed by atoms with E-state index < -0.39 is 15.3 Å². The molecule has 0 bridgehead atoms. The van der Waals surface area contributed by atoms with Crippen molar-refractivity contribution in [1.29, 1.82) is 0 Å². The Hall–Kier alpha value is -2.43. The normalized spacial score (nSPS) is 13.0. The van der Waals surface area contributed by atoms with Crippen LogP contribution in [0.1, 0.15) is 59.3 Å². The molecule has 8 nitrogen and oxygen atoms in total. The molecule has 0 saturated heterocycles. The number of imidazole rings is 1. The van der Waals surface area contributed by atoms with Gasteiger partial charge in [-0.05, 0) is 57.9 Å². The second kappa shape index (κ2) is 8.60. The Kier molecular flexibility index (Phi) is 6.45. The standard InChI is InChI=1S/C21H26N4O4S2/c1-6-9-25-17-8-7-15(31(22,28)29)10-16(17)24-21(25)30-14(5)20(27)19-11(2)18(13(4)26)12(3)23-19/h7-8,10,14,23H,6,9H2,1-5H3,(H2,22,28,29). The summed E-state index contributed by atoms with van der Waals surface area (Å²) >= 11 is 1.30. The maximum Gasteiger partial charge on any atom is 0.238 e. The predicted molar refractivity (Wildman–Crippen MR) is 121 cm³/mol. The molecular weight excluding hydrogens is 436 g/mol. The zero-order valence-electron chi connectivity index (χ0n) is 18.1. The minimum atomic E-state index is -3.84. The quantitative estimate of drug-likeness (QED) is 0.389. The fourth-order valence-corrected chi connectivity index (χ4v) is 5.28. The predicted octanol–water partition coefficient (Wildman–Crippen LogP) is 3.60. The third-order valence-electron chi connectivity index (χ3n) is 5.15. The van der Waals surface area contributed by atoms with E-state index in [2.05, 4.69) is 9.97 Å². The van der Waals surface area contributed by atoms with E-state index in [-0.39, 0.29) is 16.5 Å². The smallest absolute Gasteiger partial charge is 0.238 e. The molecule has 0 aliphatic heterocycles. The van der Waals surface area contributed by atoms with E-state index in [9.17, 15) is 18.0 Å². The molecule has 0 aliphatic rings. The third kappa shape index (κ3) is 4.46. The van der Waals surface area contributed by atoms with Crippen LogP contribution in [0.2, 0.25) is 0 Å². The molecule has 0 amide bonds. The first-order valence-electron chi connectivity index (χ1n) is 9.89. The number of carbonyl (C=O) groups is 2. The SMILES string of the molecule is CCCn1c(SC(C)C(=O)c2[nH]c(C)c(C(C)=O)c2C)nc2cc(S(N)(=O)=O)ccc21. The number of thioether (sulfide) groups is 1. The van der Waals surface area contributed by atoms with Crippen LogP contribution in [0.25, 0.3) is 11.0 Å². The van der Waals surface area contributed by atoms with Crippen LogP contribution in [0, 0.1) is 13.8 Å². The van der Waals surface area contributed by atoms with E-state index in [0.29, 0.717) is 39.7 Å². The van der Waals surface area contributed by atoms with E-state index >= 15 is 0 Å². The number of primary sulfonamides is 1. The summed E-state index contributed by atoms with van der Waals surface area (Å²) in [6, 6.07) is 4.60. The van der Waals surface area contributed by atoms with E-state index in [1.165, 1.54) is 30.8 Å². The lowest BCUT2D eigenvalue weighted by Gasteiger charge is -2.12. The van der Waals surface area contributed by atoms with Gasteiger partial charge in [0.1, 0.15) is 0 Å². The Morgan fingerprint density at radius 1 is 1.29 bits per heavy atom. The molecule has 31 heavy (non-hydrogen) atoms. The Labute approximate surface area is 185 Å². The number of nitrogens with two attached hydrogens (primary N) is 1. The lowest BCUT2D eigenvalue weighted by Crippen LogP contribution is -2.16. The number of aromatic nitrogens is 3. The Bertz CT molecular complexity index is 1290. The highest BCUT2D eigenvalue weighted by molar-refractivity contribution is 8.00. The second-order valence-electron chi connectivity index (χ2n) is 7.55.